The molecule has 2 bridgehead atoms. The average Bonchev–Trinajstić information content (AvgIpc) is 3.04. The minimum atomic E-state index is -0.761. The van der Waals surface area contributed by atoms with Crippen LogP contribution >= 0.6 is 0 Å². The molecule has 4 nitrogen and oxygen atoms in total. The smallest absolute Gasteiger partial charge is 0.408 e. The lowest BCUT2D eigenvalue weighted by Crippen LogP contribution is -2.60. The molecule has 6 rings (SSSR count). The van der Waals surface area contributed by atoms with Gasteiger partial charge in [0.2, 0.25) is 0 Å². The maximum atomic E-state index is 12.7. The molecular formula is C28H36N2O2. The van der Waals surface area contributed by atoms with Crippen molar-refractivity contribution >= 4 is 6.09 Å². The molecule has 2 aromatic rings. The van der Waals surface area contributed by atoms with Gasteiger partial charge in [0.25, 0.3) is 0 Å². The van der Waals surface area contributed by atoms with Gasteiger partial charge < -0.3 is 10.0 Å². The number of hydrogen-bond acceptors (Lipinski definition) is 2. The van der Waals surface area contributed by atoms with Crippen molar-refractivity contribution in [1.82, 2.24) is 9.80 Å². The highest BCUT2D eigenvalue weighted by molar-refractivity contribution is 5.69. The zero-order chi connectivity index (χ0) is 22.6. The average molecular weight is 433 g/mol. The van der Waals surface area contributed by atoms with Crippen molar-refractivity contribution in [2.24, 2.45) is 11.3 Å². The lowest BCUT2D eigenvalue weighted by Gasteiger charge is -2.51. The van der Waals surface area contributed by atoms with Crippen LogP contribution in [0.2, 0.25) is 0 Å². The largest absolute Gasteiger partial charge is 0.465 e. The molecule has 1 aliphatic carbocycles. The minimum absolute atomic E-state index is 0.0865. The number of piperidine rings is 3. The van der Waals surface area contributed by atoms with E-state index in [1.165, 1.54) is 27.8 Å². The monoisotopic (exact) mass is 432 g/mol. The molecule has 3 heterocycles. The summed E-state index contributed by atoms with van der Waals surface area (Å²) in [6.45, 7) is 12.1. The zero-order valence-electron chi connectivity index (χ0n) is 19.8. The molecule has 3 aliphatic heterocycles. The van der Waals surface area contributed by atoms with Crippen molar-refractivity contribution < 1.29 is 9.90 Å². The number of amides is 1. The Balaban J connectivity index is 1.52. The Bertz CT molecular complexity index is 1020. The Morgan fingerprint density at radius 1 is 1.09 bits per heavy atom. The van der Waals surface area contributed by atoms with Gasteiger partial charge in [0.15, 0.2) is 0 Å². The Morgan fingerprint density at radius 3 is 2.44 bits per heavy atom. The molecule has 2 atom stereocenters. The molecule has 0 saturated carbocycles. The van der Waals surface area contributed by atoms with Crippen molar-refractivity contribution in [2.45, 2.75) is 65.0 Å². The Morgan fingerprint density at radius 2 is 1.81 bits per heavy atom. The molecule has 170 valence electrons. The fourth-order valence-corrected chi connectivity index (χ4v) is 6.51. The van der Waals surface area contributed by atoms with Crippen LogP contribution in [0, 0.1) is 11.3 Å². The first-order valence-electron chi connectivity index (χ1n) is 12.2. The van der Waals surface area contributed by atoms with Crippen LogP contribution in [0.1, 0.15) is 69.2 Å². The Hall–Kier alpha value is -2.33. The molecular weight excluding hydrogens is 396 g/mol. The summed E-state index contributed by atoms with van der Waals surface area (Å²) in [7, 11) is 0. The number of benzene rings is 2. The highest BCUT2D eigenvalue weighted by atomic mass is 16.4. The molecule has 0 aromatic heterocycles. The standard InChI is InChI=1S/C28H36N2O2/c1-18(2)20-6-5-7-21(14-20)22-8-9-24-23(15-22)16-28(3,4)26(24)30(27(31)32)25-17-29-12-10-19(25)11-13-29/h5-9,14-15,18-19,25-26H,10-13,16-17H2,1-4H3,(H,31,32)/t25-,26+/m1/s1. The maximum Gasteiger partial charge on any atom is 0.408 e. The SMILES string of the molecule is CC(C)c1cccc(-c2ccc3c(c2)CC(C)(C)[C@H]3N(C(=O)O)[C@@H]2CN3CCC2CC3)c1. The number of fused-ring (bicyclic) bond motifs is 4. The quantitative estimate of drug-likeness (QED) is 0.628. The third-order valence-electron chi connectivity index (χ3n) is 8.19. The number of carbonyl (C=O) groups is 1. The highest BCUT2D eigenvalue weighted by Gasteiger charge is 2.50. The molecule has 3 fully saturated rings. The third-order valence-corrected chi connectivity index (χ3v) is 8.19. The number of carboxylic acid groups (broad SMARTS) is 1. The van der Waals surface area contributed by atoms with Crippen molar-refractivity contribution in [1.29, 1.82) is 0 Å². The van der Waals surface area contributed by atoms with Gasteiger partial charge in [0.05, 0.1) is 12.1 Å². The van der Waals surface area contributed by atoms with E-state index in [0.717, 1.165) is 38.9 Å². The molecule has 2 aromatic carbocycles. The van der Waals surface area contributed by atoms with Crippen LogP contribution in [0.4, 0.5) is 4.79 Å². The summed E-state index contributed by atoms with van der Waals surface area (Å²) in [5, 5.41) is 10.4. The van der Waals surface area contributed by atoms with Gasteiger partial charge in [-0.2, -0.15) is 0 Å². The van der Waals surface area contributed by atoms with Gasteiger partial charge in [0.1, 0.15) is 0 Å². The third kappa shape index (κ3) is 3.63. The van der Waals surface area contributed by atoms with Crippen molar-refractivity contribution in [3.8, 4) is 11.1 Å². The van der Waals surface area contributed by atoms with E-state index < -0.39 is 6.09 Å². The molecule has 1 N–H and O–H groups in total. The lowest BCUT2D eigenvalue weighted by molar-refractivity contribution is -0.0267. The van der Waals surface area contributed by atoms with Crippen LogP contribution in [-0.4, -0.2) is 46.7 Å². The van der Waals surface area contributed by atoms with E-state index in [-0.39, 0.29) is 17.5 Å². The van der Waals surface area contributed by atoms with E-state index in [9.17, 15) is 9.90 Å². The van der Waals surface area contributed by atoms with E-state index in [0.29, 0.717) is 11.8 Å². The molecule has 1 amide bonds. The lowest BCUT2D eigenvalue weighted by atomic mass is 9.79. The van der Waals surface area contributed by atoms with Crippen LogP contribution in [0.25, 0.3) is 11.1 Å². The highest BCUT2D eigenvalue weighted by Crippen LogP contribution is 2.51. The molecule has 32 heavy (non-hydrogen) atoms. The van der Waals surface area contributed by atoms with Crippen molar-refractivity contribution in [2.75, 3.05) is 19.6 Å². The minimum Gasteiger partial charge on any atom is -0.465 e. The van der Waals surface area contributed by atoms with Gasteiger partial charge in [-0.3, -0.25) is 4.90 Å². The van der Waals surface area contributed by atoms with Crippen LogP contribution in [0.5, 0.6) is 0 Å². The number of rotatable bonds is 4. The summed E-state index contributed by atoms with van der Waals surface area (Å²) >= 11 is 0. The van der Waals surface area contributed by atoms with Gasteiger partial charge in [-0.25, -0.2) is 4.79 Å². The van der Waals surface area contributed by atoms with E-state index in [2.05, 4.69) is 75.1 Å². The molecule has 4 heteroatoms. The van der Waals surface area contributed by atoms with Crippen molar-refractivity contribution in [3.05, 3.63) is 59.2 Å². The first kappa shape index (κ1) is 21.5. The summed E-state index contributed by atoms with van der Waals surface area (Å²) in [5.41, 5.74) is 6.21. The first-order valence-corrected chi connectivity index (χ1v) is 12.2. The van der Waals surface area contributed by atoms with Gasteiger partial charge in [-0.1, -0.05) is 70.2 Å². The Labute approximate surface area is 192 Å². The van der Waals surface area contributed by atoms with Crippen LogP contribution in [0.15, 0.2) is 42.5 Å². The van der Waals surface area contributed by atoms with Gasteiger partial charge in [0, 0.05) is 6.54 Å². The van der Waals surface area contributed by atoms with Gasteiger partial charge in [-0.15, -0.1) is 0 Å². The molecule has 3 saturated heterocycles. The molecule has 0 spiro atoms. The summed E-state index contributed by atoms with van der Waals surface area (Å²) in [6, 6.07) is 15.6. The number of nitrogens with zero attached hydrogens (tertiary/aromatic N) is 2. The fourth-order valence-electron chi connectivity index (χ4n) is 6.51. The fraction of sp³-hybridized carbons (Fsp3) is 0.536. The number of hydrogen-bond donors (Lipinski definition) is 1. The molecule has 0 radical (unpaired) electrons. The predicted octanol–water partition coefficient (Wildman–Crippen LogP) is 6.17. The van der Waals surface area contributed by atoms with E-state index in [4.69, 9.17) is 0 Å². The zero-order valence-corrected chi connectivity index (χ0v) is 19.8. The maximum absolute atomic E-state index is 12.7. The predicted molar refractivity (Wildman–Crippen MR) is 129 cm³/mol. The van der Waals surface area contributed by atoms with Crippen molar-refractivity contribution in [3.63, 3.8) is 0 Å². The van der Waals surface area contributed by atoms with E-state index in [1.54, 1.807) is 0 Å². The molecule has 0 unspecified atom stereocenters. The van der Waals surface area contributed by atoms with Gasteiger partial charge >= 0.3 is 6.09 Å². The van der Waals surface area contributed by atoms with Crippen LogP contribution < -0.4 is 0 Å². The second-order valence-electron chi connectivity index (χ2n) is 11.2. The summed E-state index contributed by atoms with van der Waals surface area (Å²) in [4.78, 5) is 17.0. The first-order chi connectivity index (χ1) is 15.2. The normalized spacial score (nSPS) is 28.0. The molecule has 4 aliphatic rings. The van der Waals surface area contributed by atoms with Gasteiger partial charge in [-0.05, 0) is 77.4 Å². The summed E-state index contributed by atoms with van der Waals surface area (Å²) in [5.74, 6) is 0.993. The van der Waals surface area contributed by atoms with Crippen LogP contribution in [-0.2, 0) is 6.42 Å². The second kappa shape index (κ2) is 7.91. The summed E-state index contributed by atoms with van der Waals surface area (Å²) in [6.07, 6.45) is 2.40. The Kier molecular flexibility index (Phi) is 5.32. The van der Waals surface area contributed by atoms with E-state index in [1.807, 2.05) is 4.90 Å². The topological polar surface area (TPSA) is 43.8 Å². The second-order valence-corrected chi connectivity index (χ2v) is 11.2. The van der Waals surface area contributed by atoms with E-state index >= 15 is 0 Å². The summed E-state index contributed by atoms with van der Waals surface area (Å²) < 4.78 is 0. The van der Waals surface area contributed by atoms with Crippen LogP contribution in [0.3, 0.4) is 0 Å².